The maximum atomic E-state index is 16.3. The predicted octanol–water partition coefficient (Wildman–Crippen LogP) is 7.88. The van der Waals surface area contributed by atoms with Gasteiger partial charge in [0.15, 0.2) is 5.60 Å². The van der Waals surface area contributed by atoms with Gasteiger partial charge in [0.05, 0.1) is 62.1 Å². The average molecular weight is 1200 g/mol. The van der Waals surface area contributed by atoms with Crippen LogP contribution in [-0.4, -0.2) is 143 Å². The van der Waals surface area contributed by atoms with E-state index in [0.29, 0.717) is 111 Å². The van der Waals surface area contributed by atoms with E-state index < -0.39 is 60.2 Å². The second-order valence-corrected chi connectivity index (χ2v) is 24.6. The van der Waals surface area contributed by atoms with Crippen LogP contribution in [0.1, 0.15) is 74.5 Å². The highest BCUT2D eigenvalue weighted by atomic mass is 35.5. The van der Waals surface area contributed by atoms with E-state index >= 15 is 14.0 Å². The number of piperidine rings is 4. The third kappa shape index (κ3) is 10.6. The Hall–Kier alpha value is -8.76. The number of thiazole rings is 1. The van der Waals surface area contributed by atoms with E-state index in [0.717, 1.165) is 22.2 Å². The van der Waals surface area contributed by atoms with Gasteiger partial charge in [-0.1, -0.05) is 60.1 Å². The minimum Gasteiger partial charge on any atom is -0.480 e. The van der Waals surface area contributed by atoms with Crippen molar-refractivity contribution in [2.75, 3.05) is 51.1 Å². The predicted molar refractivity (Wildman–Crippen MR) is 320 cm³/mol. The molecule has 4 atom stereocenters. The van der Waals surface area contributed by atoms with E-state index in [1.165, 1.54) is 22.1 Å². The molecule has 4 N–H and O–H groups in total. The lowest BCUT2D eigenvalue weighted by molar-refractivity contribution is -0.168. The van der Waals surface area contributed by atoms with Crippen molar-refractivity contribution in [2.45, 2.75) is 81.4 Å². The lowest BCUT2D eigenvalue weighted by Crippen LogP contribution is -2.66. The molecule has 442 valence electrons. The van der Waals surface area contributed by atoms with E-state index in [2.05, 4.69) is 21.0 Å². The quantitative estimate of drug-likeness (QED) is 0.0813. The van der Waals surface area contributed by atoms with Crippen LogP contribution in [0.15, 0.2) is 103 Å². The molecule has 4 saturated heterocycles. The number of carbonyl (C=O) groups is 7. The molecule has 5 aliphatic heterocycles. The molecule has 8 heterocycles. The van der Waals surface area contributed by atoms with Gasteiger partial charge in [-0.2, -0.15) is 10.2 Å². The molecule has 5 fully saturated rings. The van der Waals surface area contributed by atoms with Gasteiger partial charge in [-0.15, -0.1) is 11.3 Å². The number of aryl methyl sites for hydroxylation is 1. The molecule has 14 rings (SSSR count). The van der Waals surface area contributed by atoms with Gasteiger partial charge in [-0.25, -0.2) is 9.37 Å². The summed E-state index contributed by atoms with van der Waals surface area (Å²) >= 11 is 8.08. The number of benzene rings is 5. The molecular weight excluding hydrogens is 1140 g/mol. The molecule has 1 saturated carbocycles. The molecule has 2 bridgehead atoms. The number of anilines is 1. The number of carbonyl (C=O) groups excluding carboxylic acids is 6. The van der Waals surface area contributed by atoms with Crippen LogP contribution in [0.3, 0.4) is 0 Å². The monoisotopic (exact) mass is 1200 g/mol. The zero-order valence-electron chi connectivity index (χ0n) is 47.0. The first-order valence-electron chi connectivity index (χ1n) is 29.1. The second kappa shape index (κ2) is 22.9. The van der Waals surface area contributed by atoms with Gasteiger partial charge in [0, 0.05) is 93.0 Å². The molecule has 3 aromatic heterocycles. The number of nitrogens with one attached hydrogen (secondary N) is 3. The molecule has 8 aromatic rings. The van der Waals surface area contributed by atoms with Crippen molar-refractivity contribution in [3.05, 3.63) is 125 Å². The Morgan fingerprint density at radius 2 is 1.57 bits per heavy atom. The van der Waals surface area contributed by atoms with Crippen molar-refractivity contribution >= 4 is 102 Å². The molecular formula is C63H61ClFN11O9S. The molecule has 23 heteroatoms. The largest absolute Gasteiger partial charge is 0.480 e. The van der Waals surface area contributed by atoms with Gasteiger partial charge in [-0.3, -0.25) is 42.9 Å². The Morgan fingerprint density at radius 3 is 2.36 bits per heavy atom. The Kier molecular flexibility index (Phi) is 15.0. The summed E-state index contributed by atoms with van der Waals surface area (Å²) in [6, 6.07) is 28.6. The van der Waals surface area contributed by atoms with Crippen molar-refractivity contribution in [1.82, 2.24) is 49.9 Å². The van der Waals surface area contributed by atoms with E-state index in [4.69, 9.17) is 31.5 Å². The summed E-state index contributed by atoms with van der Waals surface area (Å²) in [6.45, 7) is 0.240. The number of carboxylic acid groups (broad SMARTS) is 1. The highest BCUT2D eigenvalue weighted by Gasteiger charge is 2.54. The summed E-state index contributed by atoms with van der Waals surface area (Å²) in [7, 11) is 1.78. The number of likely N-dealkylation sites (tertiary alicyclic amines) is 2. The summed E-state index contributed by atoms with van der Waals surface area (Å²) < 4.78 is 27.5. The Bertz CT molecular complexity index is 4070. The number of hydrogen-bond acceptors (Lipinski definition) is 12. The molecule has 6 aliphatic rings. The van der Waals surface area contributed by atoms with Gasteiger partial charge in [0.25, 0.3) is 5.91 Å². The number of carboxylic acids is 1. The van der Waals surface area contributed by atoms with Gasteiger partial charge in [0.2, 0.25) is 29.5 Å². The van der Waals surface area contributed by atoms with Crippen molar-refractivity contribution < 1.29 is 47.8 Å². The number of aromatic nitrogens is 5. The topological polar surface area (TPSA) is 243 Å². The highest BCUT2D eigenvalue weighted by molar-refractivity contribution is 7.22. The number of hydrogen-bond donors (Lipinski definition) is 4. The lowest BCUT2D eigenvalue weighted by atomic mass is 9.71. The smallest absolute Gasteiger partial charge is 0.322 e. The van der Waals surface area contributed by atoms with Crippen LogP contribution in [0.4, 0.5) is 10.1 Å². The van der Waals surface area contributed by atoms with Crippen molar-refractivity contribution in [2.24, 2.45) is 18.9 Å². The molecule has 5 aromatic carbocycles. The van der Waals surface area contributed by atoms with Gasteiger partial charge >= 0.3 is 5.97 Å². The third-order valence-corrected chi connectivity index (χ3v) is 19.6. The van der Waals surface area contributed by atoms with Crippen LogP contribution in [0.2, 0.25) is 5.02 Å². The minimum atomic E-state index is -1.44. The molecule has 3 unspecified atom stereocenters. The van der Waals surface area contributed by atoms with E-state index in [9.17, 15) is 24.0 Å². The third-order valence-electron chi connectivity index (χ3n) is 18.0. The minimum absolute atomic E-state index is 0.00830. The van der Waals surface area contributed by atoms with Gasteiger partial charge in [0.1, 0.15) is 29.7 Å². The van der Waals surface area contributed by atoms with Crippen LogP contribution in [0, 0.1) is 17.7 Å². The van der Waals surface area contributed by atoms with E-state index in [1.54, 1.807) is 47.1 Å². The van der Waals surface area contributed by atoms with Gasteiger partial charge < -0.3 is 40.5 Å². The fourth-order valence-corrected chi connectivity index (χ4v) is 15.0. The standard InChI is InChI=1S/C63H61ClFN11O9S/c1-72-50-28-41(45(65)27-37(50)30-68-72)39-10-6-14-49-56(39)57(71-76(49)34-54(79)66-31-53(78)67-32-55(80)81)36-18-22-73(23-19-36)61(83)43-26-35-16-17-48(43)75(33-35)62(84)63(85-51-15-5-3-9-40(51)59-70-47-13-7-11-44(64)58(47)86-59)20-24-74(25-21-63)60(82)42-29-52(77)69-46-12-4-2-8-38(42)46/h2-15,27-28,30,35-36,42-43,48H,16-26,29,31-34H2,1H3,(H,66,79)(H,67,78)(H,69,77)(H,80,81)/t35?,42-,43?,48?/m0/s1. The van der Waals surface area contributed by atoms with Crippen molar-refractivity contribution in [3.8, 4) is 27.4 Å². The fraction of sp³-hybridized carbons (Fsp3) is 0.365. The number of amides is 6. The molecule has 20 nitrogen and oxygen atoms in total. The molecule has 86 heavy (non-hydrogen) atoms. The first-order chi connectivity index (χ1) is 41.6. The first kappa shape index (κ1) is 56.4. The average Bonchev–Trinajstić information content (AvgIpc) is 1.62. The van der Waals surface area contributed by atoms with Crippen LogP contribution < -0.4 is 20.7 Å². The van der Waals surface area contributed by atoms with Crippen LogP contribution >= 0.6 is 22.9 Å². The molecule has 0 spiro atoms. The zero-order chi connectivity index (χ0) is 59.5. The summed E-state index contributed by atoms with van der Waals surface area (Å²) in [5, 5.41) is 28.5. The van der Waals surface area contributed by atoms with Crippen molar-refractivity contribution in [1.29, 1.82) is 0 Å². The van der Waals surface area contributed by atoms with E-state index in [1.807, 2.05) is 76.5 Å². The number of rotatable bonds is 14. The van der Waals surface area contributed by atoms with Gasteiger partial charge in [-0.05, 0) is 97.7 Å². The van der Waals surface area contributed by atoms with Crippen LogP contribution in [0.25, 0.3) is 53.7 Å². The summed E-state index contributed by atoms with van der Waals surface area (Å²) in [5.41, 5.74) is 4.13. The van der Waals surface area contributed by atoms with Crippen LogP contribution in [0.5, 0.6) is 5.75 Å². The summed E-state index contributed by atoms with van der Waals surface area (Å²) in [4.78, 5) is 106. The molecule has 1 aliphatic carbocycles. The maximum absolute atomic E-state index is 16.3. The number of para-hydroxylation sites is 2. The molecule has 0 radical (unpaired) electrons. The zero-order valence-corrected chi connectivity index (χ0v) is 48.5. The first-order valence-corrected chi connectivity index (χ1v) is 30.3. The Morgan fingerprint density at radius 1 is 0.826 bits per heavy atom. The highest BCUT2D eigenvalue weighted by Crippen LogP contribution is 2.47. The summed E-state index contributed by atoms with van der Waals surface area (Å²) in [6.07, 6.45) is 5.03. The maximum Gasteiger partial charge on any atom is 0.322 e. The molecule has 6 amide bonds. The van der Waals surface area contributed by atoms with Crippen molar-refractivity contribution in [3.63, 3.8) is 0 Å². The normalized spacial score (nSPS) is 20.2. The number of halogens is 2. The van der Waals surface area contributed by atoms with Crippen LogP contribution in [-0.2, 0) is 47.2 Å². The number of fused-ring (bicyclic) bond motifs is 7. The SMILES string of the molecule is Cn1ncc2cc(F)c(-c3cccc4c3c(C3CCN(C(=O)C5CC6CCC5N(C(=O)C5(Oc7ccccc7-c7nc8cccc(Cl)c8s7)CCN(C(=O)[C@H]7CC(=O)Nc8ccccc87)CC5)C6)CC3)nn4CC(=O)NCC(=O)NCC(=O)O)cc21. The Balaban J connectivity index is 0.765. The summed E-state index contributed by atoms with van der Waals surface area (Å²) in [5.74, 6) is -4.48. The van der Waals surface area contributed by atoms with E-state index in [-0.39, 0.29) is 74.4 Å². The fourth-order valence-electron chi connectivity index (χ4n) is 13.7. The Labute approximate surface area is 501 Å². The second-order valence-electron chi connectivity index (χ2n) is 23.2. The number of ether oxygens (including phenoxy) is 1. The number of aliphatic carboxylic acids is 1. The lowest BCUT2D eigenvalue weighted by Gasteiger charge is -2.53. The number of nitrogens with zero attached hydrogens (tertiary/aromatic N) is 8.